The average Bonchev–Trinajstić information content (AvgIpc) is 2.43. The van der Waals surface area contributed by atoms with Gasteiger partial charge in [-0.05, 0) is 0 Å². The number of hydrogen-bond acceptors (Lipinski definition) is 6. The van der Waals surface area contributed by atoms with Crippen LogP contribution in [0.3, 0.4) is 0 Å². The smallest absolute Gasteiger partial charge is 0.178 e. The molecule has 2 aliphatic heterocycles. The van der Waals surface area contributed by atoms with E-state index in [0.29, 0.717) is 51.7 Å². The first-order valence-electron chi connectivity index (χ1n) is 6.61. The lowest BCUT2D eigenvalue weighted by Crippen LogP contribution is -2.51. The van der Waals surface area contributed by atoms with Crippen molar-refractivity contribution in [2.45, 2.75) is 56.9 Å². The Labute approximate surface area is 112 Å². The summed E-state index contributed by atoms with van der Waals surface area (Å²) in [6.07, 6.45) is 2.43. The van der Waals surface area contributed by atoms with E-state index in [1.807, 2.05) is 0 Å². The number of rotatable bonds is 4. The largest absolute Gasteiger partial charge is 0.352 e. The van der Waals surface area contributed by atoms with E-state index >= 15 is 0 Å². The van der Waals surface area contributed by atoms with Gasteiger partial charge in [0.05, 0.1) is 25.4 Å². The fraction of sp³-hybridized carbons (Fsp3) is 0.846. The van der Waals surface area contributed by atoms with Gasteiger partial charge in [-0.15, -0.1) is 0 Å². The van der Waals surface area contributed by atoms with Crippen LogP contribution < -0.4 is 0 Å². The lowest BCUT2D eigenvalue weighted by Gasteiger charge is -2.45. The Kier molecular flexibility index (Phi) is 5.12. The number of nitriles is 2. The van der Waals surface area contributed by atoms with E-state index in [1.165, 1.54) is 0 Å². The summed E-state index contributed by atoms with van der Waals surface area (Å²) in [6.45, 7) is 1.11. The second-order valence-electron chi connectivity index (χ2n) is 4.64. The quantitative estimate of drug-likeness (QED) is 0.771. The van der Waals surface area contributed by atoms with E-state index in [0.717, 1.165) is 0 Å². The van der Waals surface area contributed by atoms with E-state index in [2.05, 4.69) is 12.1 Å². The van der Waals surface area contributed by atoms with Gasteiger partial charge in [-0.1, -0.05) is 0 Å². The van der Waals surface area contributed by atoms with Crippen LogP contribution in [0.15, 0.2) is 0 Å². The van der Waals surface area contributed by atoms with Crippen molar-refractivity contribution in [3.63, 3.8) is 0 Å². The Balaban J connectivity index is 1.89. The monoisotopic (exact) mass is 266 g/mol. The Bertz CT molecular complexity index is 338. The predicted molar refractivity (Wildman–Crippen MR) is 63.3 cm³/mol. The molecule has 2 saturated heterocycles. The Morgan fingerprint density at radius 1 is 0.895 bits per heavy atom. The molecule has 0 aromatic heterocycles. The molecule has 0 radical (unpaired) electrons. The molecule has 1 spiro atoms. The molecule has 0 amide bonds. The van der Waals surface area contributed by atoms with Crippen LogP contribution in [0.1, 0.15) is 38.5 Å². The zero-order chi connectivity index (χ0) is 13.6. The topological polar surface area (TPSA) is 84.5 Å². The molecule has 2 atom stereocenters. The van der Waals surface area contributed by atoms with Gasteiger partial charge in [0.15, 0.2) is 18.4 Å². The summed E-state index contributed by atoms with van der Waals surface area (Å²) in [6, 6.07) is 4.16. The highest BCUT2D eigenvalue weighted by Crippen LogP contribution is 2.35. The van der Waals surface area contributed by atoms with Crippen molar-refractivity contribution in [1.29, 1.82) is 10.5 Å². The van der Waals surface area contributed by atoms with Crippen molar-refractivity contribution in [2.75, 3.05) is 13.2 Å². The average molecular weight is 266 g/mol. The molecule has 2 rings (SSSR count). The fourth-order valence-corrected chi connectivity index (χ4v) is 2.28. The van der Waals surface area contributed by atoms with Gasteiger partial charge in [-0.25, -0.2) is 0 Å². The molecule has 0 aromatic carbocycles. The normalized spacial score (nSPS) is 34.6. The van der Waals surface area contributed by atoms with Crippen LogP contribution in [0.4, 0.5) is 0 Å². The lowest BCUT2D eigenvalue weighted by molar-refractivity contribution is -0.407. The van der Waals surface area contributed by atoms with E-state index < -0.39 is 5.79 Å². The molecular formula is C13H18N2O4. The molecule has 2 fully saturated rings. The van der Waals surface area contributed by atoms with Crippen molar-refractivity contribution < 1.29 is 18.9 Å². The van der Waals surface area contributed by atoms with Crippen molar-refractivity contribution in [3.8, 4) is 12.1 Å². The first-order chi connectivity index (χ1) is 9.28. The van der Waals surface area contributed by atoms with Gasteiger partial charge >= 0.3 is 0 Å². The standard InChI is InChI=1S/C13H18N2O4/c14-7-1-3-11-16-9-5-13(18-11)6-10-17-12(19-13)4-2-8-15/h11-12H,1-6,9-10H2. The molecule has 2 aliphatic rings. The van der Waals surface area contributed by atoms with Gasteiger partial charge in [0.2, 0.25) is 0 Å². The molecule has 0 bridgehead atoms. The number of nitrogens with zero attached hydrogens (tertiary/aromatic N) is 2. The van der Waals surface area contributed by atoms with E-state index in [9.17, 15) is 0 Å². The highest BCUT2D eigenvalue weighted by molar-refractivity contribution is 4.80. The third kappa shape index (κ3) is 3.89. The lowest BCUT2D eigenvalue weighted by atomic mass is 10.1. The van der Waals surface area contributed by atoms with Crippen LogP contribution in [0.25, 0.3) is 0 Å². The van der Waals surface area contributed by atoms with E-state index in [1.54, 1.807) is 0 Å². The van der Waals surface area contributed by atoms with Crippen molar-refractivity contribution in [1.82, 2.24) is 0 Å². The zero-order valence-electron chi connectivity index (χ0n) is 10.8. The molecule has 19 heavy (non-hydrogen) atoms. The summed E-state index contributed by atoms with van der Waals surface area (Å²) in [4.78, 5) is 0. The minimum absolute atomic E-state index is 0.386. The second-order valence-corrected chi connectivity index (χ2v) is 4.64. The number of hydrogen-bond donors (Lipinski definition) is 0. The first kappa shape index (κ1) is 14.2. The van der Waals surface area contributed by atoms with Crippen molar-refractivity contribution >= 4 is 0 Å². The molecule has 2 unspecified atom stereocenters. The summed E-state index contributed by atoms with van der Waals surface area (Å²) < 4.78 is 22.7. The van der Waals surface area contributed by atoms with Crippen molar-refractivity contribution in [2.24, 2.45) is 0 Å². The van der Waals surface area contributed by atoms with E-state index in [4.69, 9.17) is 29.5 Å². The third-order valence-corrected chi connectivity index (χ3v) is 3.25. The van der Waals surface area contributed by atoms with Gasteiger partial charge in [-0.2, -0.15) is 10.5 Å². The molecular weight excluding hydrogens is 248 g/mol. The third-order valence-electron chi connectivity index (χ3n) is 3.25. The van der Waals surface area contributed by atoms with Crippen LogP contribution in [0.5, 0.6) is 0 Å². The summed E-state index contributed by atoms with van der Waals surface area (Å²) in [5.74, 6) is -0.670. The Hall–Kier alpha value is -1.18. The fourth-order valence-electron chi connectivity index (χ4n) is 2.28. The molecule has 0 aromatic rings. The van der Waals surface area contributed by atoms with Gasteiger partial charge in [0.25, 0.3) is 0 Å². The second kappa shape index (κ2) is 6.83. The Morgan fingerprint density at radius 2 is 1.37 bits per heavy atom. The molecule has 0 aliphatic carbocycles. The molecule has 104 valence electrons. The van der Waals surface area contributed by atoms with Crippen LogP contribution in [-0.4, -0.2) is 31.6 Å². The molecule has 2 heterocycles. The first-order valence-corrected chi connectivity index (χ1v) is 6.61. The van der Waals surface area contributed by atoms with Crippen molar-refractivity contribution in [3.05, 3.63) is 0 Å². The summed E-state index contributed by atoms with van der Waals surface area (Å²) in [5.41, 5.74) is 0. The van der Waals surface area contributed by atoms with Crippen LogP contribution >= 0.6 is 0 Å². The number of ether oxygens (including phenoxy) is 4. The SMILES string of the molecule is N#CCCC1OCCC2(CCOC(CCC#N)O2)O1. The predicted octanol–water partition coefficient (Wildman–Crippen LogP) is 1.82. The minimum Gasteiger partial charge on any atom is -0.352 e. The van der Waals surface area contributed by atoms with Gasteiger partial charge < -0.3 is 18.9 Å². The maximum absolute atomic E-state index is 8.59. The summed E-state index contributed by atoms with van der Waals surface area (Å²) in [5, 5.41) is 17.2. The van der Waals surface area contributed by atoms with Gasteiger partial charge in [0, 0.05) is 38.5 Å². The zero-order valence-corrected chi connectivity index (χ0v) is 10.8. The van der Waals surface area contributed by atoms with Crippen LogP contribution in [0, 0.1) is 22.7 Å². The van der Waals surface area contributed by atoms with E-state index in [-0.39, 0.29) is 12.6 Å². The molecule has 0 N–H and O–H groups in total. The summed E-state index contributed by atoms with van der Waals surface area (Å²) in [7, 11) is 0. The summed E-state index contributed by atoms with van der Waals surface area (Å²) >= 11 is 0. The highest BCUT2D eigenvalue weighted by atomic mass is 16.8. The molecule has 6 heteroatoms. The van der Waals surface area contributed by atoms with Gasteiger partial charge in [0.1, 0.15) is 0 Å². The maximum Gasteiger partial charge on any atom is 0.178 e. The van der Waals surface area contributed by atoms with Gasteiger partial charge in [-0.3, -0.25) is 0 Å². The van der Waals surface area contributed by atoms with Crippen LogP contribution in [-0.2, 0) is 18.9 Å². The van der Waals surface area contributed by atoms with Crippen LogP contribution in [0.2, 0.25) is 0 Å². The Morgan fingerprint density at radius 3 is 1.79 bits per heavy atom. The highest BCUT2D eigenvalue weighted by Gasteiger charge is 2.43. The molecule has 6 nitrogen and oxygen atoms in total. The maximum atomic E-state index is 8.59. The molecule has 0 saturated carbocycles. The minimum atomic E-state index is -0.670.